The van der Waals surface area contributed by atoms with Gasteiger partial charge in [-0.05, 0) is 47.6 Å². The number of aromatic nitrogens is 1. The van der Waals surface area contributed by atoms with E-state index < -0.39 is 0 Å². The van der Waals surface area contributed by atoms with Crippen LogP contribution in [0.5, 0.6) is 0 Å². The summed E-state index contributed by atoms with van der Waals surface area (Å²) in [4.78, 5) is 8.47. The second-order valence-corrected chi connectivity index (χ2v) is 8.10. The molecule has 1 N–H and O–H groups in total. The van der Waals surface area contributed by atoms with Crippen LogP contribution in [0.3, 0.4) is 0 Å². The zero-order valence-corrected chi connectivity index (χ0v) is 15.6. The van der Waals surface area contributed by atoms with Gasteiger partial charge in [0, 0.05) is 56.4 Å². The van der Waals surface area contributed by atoms with E-state index in [1.807, 2.05) is 6.07 Å². The molecule has 2 atom stereocenters. The number of hydrogen-bond acceptors (Lipinski definition) is 2. The van der Waals surface area contributed by atoms with E-state index in [-0.39, 0.29) is 5.82 Å². The first-order chi connectivity index (χ1) is 13.3. The van der Waals surface area contributed by atoms with Crippen LogP contribution in [0.1, 0.15) is 23.5 Å². The van der Waals surface area contributed by atoms with E-state index in [2.05, 4.69) is 51.3 Å². The van der Waals surface area contributed by atoms with Crippen molar-refractivity contribution in [3.63, 3.8) is 0 Å². The molecule has 27 heavy (non-hydrogen) atoms. The third-order valence-electron chi connectivity index (χ3n) is 6.20. The lowest BCUT2D eigenvalue weighted by atomic mass is 10.1. The Labute approximate surface area is 159 Å². The summed E-state index contributed by atoms with van der Waals surface area (Å²) >= 11 is 0. The fourth-order valence-electron chi connectivity index (χ4n) is 4.55. The molecule has 1 aromatic heterocycles. The standard InChI is InChI=1S/C23H26FN3/c24-19-6-7-23-21(13-19)22(14-25-23)20-12-18(20)16-27-10-8-26(9-11-27)15-17-4-2-1-3-5-17/h1-7,13-14,18,20,25H,8-12,15-16H2. The summed E-state index contributed by atoms with van der Waals surface area (Å²) in [7, 11) is 0. The van der Waals surface area contributed by atoms with Gasteiger partial charge in [-0.3, -0.25) is 4.90 Å². The van der Waals surface area contributed by atoms with Gasteiger partial charge in [0.1, 0.15) is 5.82 Å². The molecule has 0 radical (unpaired) electrons. The van der Waals surface area contributed by atoms with E-state index >= 15 is 0 Å². The Hall–Kier alpha value is -2.17. The quantitative estimate of drug-likeness (QED) is 0.733. The molecule has 4 heteroatoms. The normalized spacial score (nSPS) is 23.7. The zero-order chi connectivity index (χ0) is 18.2. The van der Waals surface area contributed by atoms with E-state index in [1.165, 1.54) is 30.2 Å². The van der Waals surface area contributed by atoms with Crippen molar-refractivity contribution in [3.8, 4) is 0 Å². The van der Waals surface area contributed by atoms with Crippen LogP contribution in [0.15, 0.2) is 54.7 Å². The fraction of sp³-hybridized carbons (Fsp3) is 0.391. The monoisotopic (exact) mass is 363 g/mol. The van der Waals surface area contributed by atoms with Gasteiger partial charge >= 0.3 is 0 Å². The molecule has 5 rings (SSSR count). The highest BCUT2D eigenvalue weighted by Crippen LogP contribution is 2.50. The van der Waals surface area contributed by atoms with Crippen molar-refractivity contribution in [3.05, 3.63) is 71.7 Å². The number of rotatable bonds is 5. The third-order valence-corrected chi connectivity index (χ3v) is 6.20. The second-order valence-electron chi connectivity index (χ2n) is 8.10. The first kappa shape index (κ1) is 17.0. The molecule has 2 unspecified atom stereocenters. The maximum absolute atomic E-state index is 13.6. The SMILES string of the molecule is Fc1ccc2[nH]cc(C3CC3CN3CCN(Cc4ccccc4)CC3)c2c1. The minimum absolute atomic E-state index is 0.143. The predicted molar refractivity (Wildman–Crippen MR) is 107 cm³/mol. The summed E-state index contributed by atoms with van der Waals surface area (Å²) in [6.07, 6.45) is 3.32. The molecule has 0 spiro atoms. The Kier molecular flexibility index (Phi) is 4.46. The Balaban J connectivity index is 1.15. The van der Waals surface area contributed by atoms with Crippen molar-refractivity contribution in [2.45, 2.75) is 18.9 Å². The molecular formula is C23H26FN3. The lowest BCUT2D eigenvalue weighted by Gasteiger charge is -2.34. The molecule has 1 aliphatic carbocycles. The van der Waals surface area contributed by atoms with Crippen molar-refractivity contribution < 1.29 is 4.39 Å². The molecule has 3 nitrogen and oxygen atoms in total. The van der Waals surface area contributed by atoms with Gasteiger partial charge in [0.15, 0.2) is 0 Å². The smallest absolute Gasteiger partial charge is 0.123 e. The Morgan fingerprint density at radius 2 is 1.74 bits per heavy atom. The summed E-state index contributed by atoms with van der Waals surface area (Å²) in [5.41, 5.74) is 3.75. The van der Waals surface area contributed by atoms with E-state index in [0.29, 0.717) is 11.8 Å². The second kappa shape index (κ2) is 7.10. The summed E-state index contributed by atoms with van der Waals surface area (Å²) in [6.45, 7) is 6.82. The van der Waals surface area contributed by atoms with Crippen molar-refractivity contribution in [2.75, 3.05) is 32.7 Å². The lowest BCUT2D eigenvalue weighted by molar-refractivity contribution is 0.123. The van der Waals surface area contributed by atoms with Gasteiger partial charge in [0.05, 0.1) is 0 Å². The van der Waals surface area contributed by atoms with Crippen LogP contribution >= 0.6 is 0 Å². The van der Waals surface area contributed by atoms with E-state index in [0.717, 1.165) is 43.6 Å². The lowest BCUT2D eigenvalue weighted by Crippen LogP contribution is -2.46. The van der Waals surface area contributed by atoms with E-state index in [4.69, 9.17) is 0 Å². The van der Waals surface area contributed by atoms with Crippen molar-refractivity contribution in [1.82, 2.24) is 14.8 Å². The number of piperazine rings is 1. The van der Waals surface area contributed by atoms with Crippen LogP contribution in [0.4, 0.5) is 4.39 Å². The van der Waals surface area contributed by atoms with Crippen molar-refractivity contribution >= 4 is 10.9 Å². The highest BCUT2D eigenvalue weighted by atomic mass is 19.1. The van der Waals surface area contributed by atoms with E-state index in [9.17, 15) is 4.39 Å². The highest BCUT2D eigenvalue weighted by molar-refractivity contribution is 5.84. The molecule has 0 amide bonds. The van der Waals surface area contributed by atoms with Gasteiger partial charge < -0.3 is 9.88 Å². The largest absolute Gasteiger partial charge is 0.361 e. The summed E-state index contributed by atoms with van der Waals surface area (Å²) in [5, 5.41) is 1.06. The van der Waals surface area contributed by atoms with Crippen LogP contribution in [-0.4, -0.2) is 47.5 Å². The third kappa shape index (κ3) is 3.64. The maximum Gasteiger partial charge on any atom is 0.123 e. The predicted octanol–water partition coefficient (Wildman–Crippen LogP) is 4.23. The average molecular weight is 363 g/mol. The van der Waals surface area contributed by atoms with Gasteiger partial charge in [-0.25, -0.2) is 4.39 Å². The summed E-state index contributed by atoms with van der Waals surface area (Å²) in [5.74, 6) is 1.16. The van der Waals surface area contributed by atoms with Crippen LogP contribution in [-0.2, 0) is 6.54 Å². The number of nitrogens with zero attached hydrogens (tertiary/aromatic N) is 2. The molecule has 1 saturated heterocycles. The van der Waals surface area contributed by atoms with Crippen molar-refractivity contribution in [2.24, 2.45) is 5.92 Å². The van der Waals surface area contributed by atoms with Gasteiger partial charge in [-0.2, -0.15) is 0 Å². The van der Waals surface area contributed by atoms with Crippen LogP contribution < -0.4 is 0 Å². The minimum Gasteiger partial charge on any atom is -0.361 e. The maximum atomic E-state index is 13.6. The Morgan fingerprint density at radius 3 is 2.56 bits per heavy atom. The number of hydrogen-bond donors (Lipinski definition) is 1. The zero-order valence-electron chi connectivity index (χ0n) is 15.6. The number of fused-ring (bicyclic) bond motifs is 1. The topological polar surface area (TPSA) is 22.3 Å². The van der Waals surface area contributed by atoms with E-state index in [1.54, 1.807) is 6.07 Å². The van der Waals surface area contributed by atoms with Crippen molar-refractivity contribution in [1.29, 1.82) is 0 Å². The van der Waals surface area contributed by atoms with Gasteiger partial charge in [0.25, 0.3) is 0 Å². The molecule has 2 fully saturated rings. The molecule has 1 saturated carbocycles. The first-order valence-electron chi connectivity index (χ1n) is 10.0. The molecule has 2 aromatic carbocycles. The average Bonchev–Trinajstić information content (AvgIpc) is 3.32. The minimum atomic E-state index is -0.143. The summed E-state index contributed by atoms with van der Waals surface area (Å²) in [6, 6.07) is 15.8. The fourth-order valence-corrected chi connectivity index (χ4v) is 4.55. The molecular weight excluding hydrogens is 337 g/mol. The number of benzene rings is 2. The number of halogens is 1. The molecule has 140 valence electrons. The summed E-state index contributed by atoms with van der Waals surface area (Å²) < 4.78 is 13.6. The number of H-pyrrole nitrogens is 1. The van der Waals surface area contributed by atoms with Gasteiger partial charge in [-0.1, -0.05) is 30.3 Å². The number of nitrogens with one attached hydrogen (secondary N) is 1. The molecule has 3 aromatic rings. The van der Waals surface area contributed by atoms with Crippen LogP contribution in [0.25, 0.3) is 10.9 Å². The van der Waals surface area contributed by atoms with Gasteiger partial charge in [-0.15, -0.1) is 0 Å². The first-order valence-corrected chi connectivity index (χ1v) is 10.0. The Morgan fingerprint density at radius 1 is 0.963 bits per heavy atom. The number of aromatic amines is 1. The van der Waals surface area contributed by atoms with Gasteiger partial charge in [0.2, 0.25) is 0 Å². The molecule has 1 aliphatic heterocycles. The molecule has 2 aliphatic rings. The van der Waals surface area contributed by atoms with Crippen LogP contribution in [0.2, 0.25) is 0 Å². The highest BCUT2D eigenvalue weighted by Gasteiger charge is 2.40. The molecule has 2 heterocycles. The van der Waals surface area contributed by atoms with Crippen LogP contribution in [0, 0.1) is 11.7 Å². The molecule has 0 bridgehead atoms. The Bertz CT molecular complexity index is 912.